The number of carbonyl (C=O) groups is 1. The highest BCUT2D eigenvalue weighted by Gasteiger charge is 2.30. The molecule has 0 fully saturated rings. The van der Waals surface area contributed by atoms with Crippen molar-refractivity contribution >= 4 is 22.9 Å². The van der Waals surface area contributed by atoms with Crippen LogP contribution in [0.4, 0.5) is 11.4 Å². The molecule has 0 atom stereocenters. The lowest BCUT2D eigenvalue weighted by Crippen LogP contribution is -2.18. The molecule has 1 aliphatic rings. The summed E-state index contributed by atoms with van der Waals surface area (Å²) in [5.41, 5.74) is 2.87. The normalized spacial score (nSPS) is 11.7. The van der Waals surface area contributed by atoms with Crippen LogP contribution in [0.5, 0.6) is 5.75 Å². The van der Waals surface area contributed by atoms with Gasteiger partial charge in [-0.3, -0.25) is 0 Å². The van der Waals surface area contributed by atoms with Crippen molar-refractivity contribution in [3.63, 3.8) is 0 Å². The van der Waals surface area contributed by atoms with E-state index in [2.05, 4.69) is 11.2 Å². The maximum atomic E-state index is 12.3. The number of para-hydroxylation sites is 2. The van der Waals surface area contributed by atoms with E-state index in [9.17, 15) is 10.1 Å². The van der Waals surface area contributed by atoms with Gasteiger partial charge in [0.1, 0.15) is 29.7 Å². The van der Waals surface area contributed by atoms with E-state index < -0.39 is 5.97 Å². The molecule has 0 saturated heterocycles. The van der Waals surface area contributed by atoms with Crippen LogP contribution in [-0.4, -0.2) is 29.3 Å². The molecule has 0 amide bonds. The number of nitrogens with zero attached hydrogens (tertiary/aromatic N) is 4. The Morgan fingerprint density at radius 2 is 1.78 bits per heavy atom. The Balaban J connectivity index is 0.000000305. The average molecular weight is 489 g/mol. The largest absolute Gasteiger partial charge is 0.497 e. The van der Waals surface area contributed by atoms with Crippen LogP contribution in [0.1, 0.15) is 42.3 Å². The first kappa shape index (κ1) is 26.2. The molecule has 0 radical (unpaired) electrons. The van der Waals surface area contributed by atoms with Gasteiger partial charge in [0, 0.05) is 11.8 Å². The Bertz CT molecular complexity index is 1320. The van der Waals surface area contributed by atoms with Crippen molar-refractivity contribution in [3.05, 3.63) is 89.7 Å². The average Bonchev–Trinajstić information content (AvgIpc) is 3.20. The minimum Gasteiger partial charge on any atom is -0.497 e. The van der Waals surface area contributed by atoms with Crippen LogP contribution in [0, 0.1) is 11.3 Å². The van der Waals surface area contributed by atoms with Crippen LogP contribution in [0.2, 0.25) is 0 Å². The molecule has 0 N–H and O–H groups in total. The third kappa shape index (κ3) is 5.63. The first-order chi connectivity index (χ1) is 17.7. The smallest absolute Gasteiger partial charge is 0.340 e. The second kappa shape index (κ2) is 12.9. The van der Waals surface area contributed by atoms with Crippen molar-refractivity contribution in [2.24, 2.45) is 0 Å². The topological polar surface area (TPSA) is 98.3 Å². The second-order valence-electron chi connectivity index (χ2n) is 7.04. The number of carbonyl (C=O) groups excluding carboxylic acids is 1. The molecule has 9 heteroatoms. The lowest BCUT2D eigenvalue weighted by Gasteiger charge is -2.21. The summed E-state index contributed by atoms with van der Waals surface area (Å²) in [4.78, 5) is 23.1. The van der Waals surface area contributed by atoms with Gasteiger partial charge in [0.05, 0.1) is 36.7 Å². The molecule has 2 aromatic carbocycles. The predicted octanol–water partition coefficient (Wildman–Crippen LogP) is 5.62. The Labute approximate surface area is 209 Å². The summed E-state index contributed by atoms with van der Waals surface area (Å²) < 4.78 is 11.6. The van der Waals surface area contributed by atoms with Gasteiger partial charge in [-0.05, 0) is 31.2 Å². The van der Waals surface area contributed by atoms with E-state index in [-0.39, 0.29) is 13.2 Å². The third-order valence-corrected chi connectivity index (χ3v) is 5.00. The molecule has 0 aliphatic carbocycles. The summed E-state index contributed by atoms with van der Waals surface area (Å²) in [5.74, 6) is 0.432. The SMILES string of the molecule is CC.CCOC(=O)c1cn2ncc(C#N)c3c2c1COON3c1ccccc1.COc1ccccc1. The Morgan fingerprint density at radius 3 is 2.36 bits per heavy atom. The number of rotatable bonds is 4. The van der Waals surface area contributed by atoms with Gasteiger partial charge in [-0.2, -0.15) is 15.4 Å². The van der Waals surface area contributed by atoms with Crippen molar-refractivity contribution in [2.75, 3.05) is 18.8 Å². The summed E-state index contributed by atoms with van der Waals surface area (Å²) in [7, 11) is 1.66. The number of ether oxygens (including phenoxy) is 2. The second-order valence-corrected chi connectivity index (χ2v) is 7.04. The Kier molecular flexibility index (Phi) is 9.40. The molecule has 3 heterocycles. The molecule has 0 spiro atoms. The monoisotopic (exact) mass is 488 g/mol. The maximum absolute atomic E-state index is 12.3. The van der Waals surface area contributed by atoms with Gasteiger partial charge in [-0.25, -0.2) is 14.2 Å². The van der Waals surface area contributed by atoms with Crippen LogP contribution in [0.15, 0.2) is 73.1 Å². The number of anilines is 2. The van der Waals surface area contributed by atoms with Gasteiger partial charge in [0.25, 0.3) is 0 Å². The van der Waals surface area contributed by atoms with Crippen molar-refractivity contribution in [1.82, 2.24) is 9.61 Å². The first-order valence-corrected chi connectivity index (χ1v) is 11.5. The fraction of sp³-hybridized carbons (Fsp3) is 0.222. The van der Waals surface area contributed by atoms with Crippen LogP contribution >= 0.6 is 0 Å². The summed E-state index contributed by atoms with van der Waals surface area (Å²) >= 11 is 0. The third-order valence-electron chi connectivity index (χ3n) is 5.00. The predicted molar refractivity (Wildman–Crippen MR) is 135 cm³/mol. The van der Waals surface area contributed by atoms with Gasteiger partial charge in [0.15, 0.2) is 0 Å². The maximum Gasteiger partial charge on any atom is 0.340 e. The van der Waals surface area contributed by atoms with Gasteiger partial charge in [-0.1, -0.05) is 50.2 Å². The van der Waals surface area contributed by atoms with Crippen LogP contribution < -0.4 is 9.80 Å². The number of methoxy groups -OCH3 is 1. The highest BCUT2D eigenvalue weighted by Crippen LogP contribution is 2.38. The lowest BCUT2D eigenvalue weighted by molar-refractivity contribution is -0.303. The number of esters is 1. The molecular weight excluding hydrogens is 460 g/mol. The minimum absolute atomic E-state index is 0.0115. The quantitative estimate of drug-likeness (QED) is 0.270. The molecule has 0 bridgehead atoms. The van der Waals surface area contributed by atoms with Gasteiger partial charge in [0.2, 0.25) is 0 Å². The van der Waals surface area contributed by atoms with Gasteiger partial charge in [-0.15, -0.1) is 4.99 Å². The molecule has 5 rings (SSSR count). The van der Waals surface area contributed by atoms with E-state index >= 15 is 0 Å². The zero-order valence-electron chi connectivity index (χ0n) is 20.7. The summed E-state index contributed by atoms with van der Waals surface area (Å²) in [6.07, 6.45) is 3.00. The van der Waals surface area contributed by atoms with Gasteiger partial charge < -0.3 is 9.47 Å². The highest BCUT2D eigenvalue weighted by molar-refractivity contribution is 5.97. The first-order valence-electron chi connectivity index (χ1n) is 11.5. The molecule has 9 nitrogen and oxygen atoms in total. The number of hydrogen-bond acceptors (Lipinski definition) is 8. The van der Waals surface area contributed by atoms with Crippen LogP contribution in [-0.2, 0) is 21.2 Å². The zero-order valence-corrected chi connectivity index (χ0v) is 20.7. The molecule has 2 aromatic heterocycles. The summed E-state index contributed by atoms with van der Waals surface area (Å²) in [6, 6.07) is 21.0. The van der Waals surface area contributed by atoms with Crippen LogP contribution in [0.25, 0.3) is 5.52 Å². The van der Waals surface area contributed by atoms with Crippen molar-refractivity contribution in [3.8, 4) is 11.8 Å². The fourth-order valence-corrected chi connectivity index (χ4v) is 3.47. The fourth-order valence-electron chi connectivity index (χ4n) is 3.47. The Morgan fingerprint density at radius 1 is 1.11 bits per heavy atom. The summed E-state index contributed by atoms with van der Waals surface area (Å²) in [5, 5.41) is 15.2. The molecule has 36 heavy (non-hydrogen) atoms. The van der Waals surface area contributed by atoms with Crippen LogP contribution in [0.3, 0.4) is 0 Å². The molecule has 4 aromatic rings. The number of nitriles is 1. The Hall–Kier alpha value is -4.39. The number of hydrogen-bond donors (Lipinski definition) is 0. The van der Waals surface area contributed by atoms with Crippen molar-refractivity contribution in [1.29, 1.82) is 5.26 Å². The summed E-state index contributed by atoms with van der Waals surface area (Å²) in [6.45, 7) is 6.00. The molecular formula is C27H28N4O5. The number of aromatic nitrogens is 2. The van der Waals surface area contributed by atoms with Crippen molar-refractivity contribution < 1.29 is 24.1 Å². The van der Waals surface area contributed by atoms with Crippen molar-refractivity contribution in [2.45, 2.75) is 27.4 Å². The molecule has 0 unspecified atom stereocenters. The minimum atomic E-state index is -0.478. The molecule has 186 valence electrons. The highest BCUT2D eigenvalue weighted by atomic mass is 17.3. The molecule has 0 saturated carbocycles. The zero-order chi connectivity index (χ0) is 25.9. The standard InChI is InChI=1S/C18H14N4O4.C7H8O.C2H6/c1-2-24-18(23)14-10-21-17-15(14)11-25-26-22(13-6-4-3-5-7-13)16(17)12(8-19)9-20-21;1-8-7-5-3-2-4-6-7;1-2/h3-7,9-10H,2,11H2,1H3;2-6H,1H3;1-2H3. The van der Waals surface area contributed by atoms with E-state index in [0.717, 1.165) is 5.75 Å². The van der Waals surface area contributed by atoms with E-state index in [1.807, 2.05) is 74.5 Å². The van der Waals surface area contributed by atoms with E-state index in [0.29, 0.717) is 33.6 Å². The lowest BCUT2D eigenvalue weighted by atomic mass is 10.1. The van der Waals surface area contributed by atoms with E-state index in [4.69, 9.17) is 19.3 Å². The van der Waals surface area contributed by atoms with Gasteiger partial charge >= 0.3 is 5.97 Å². The van der Waals surface area contributed by atoms with E-state index in [1.165, 1.54) is 15.8 Å². The molecule has 1 aliphatic heterocycles. The number of benzene rings is 2. The van der Waals surface area contributed by atoms with E-state index in [1.54, 1.807) is 20.2 Å².